The van der Waals surface area contributed by atoms with E-state index in [9.17, 15) is 9.59 Å². The molecule has 2 amide bonds. The van der Waals surface area contributed by atoms with Crippen LogP contribution in [0.25, 0.3) is 0 Å². The van der Waals surface area contributed by atoms with Gasteiger partial charge in [0, 0.05) is 19.1 Å². The normalized spacial score (nSPS) is 12.0. The highest BCUT2D eigenvalue weighted by Crippen LogP contribution is 1.94. The van der Waals surface area contributed by atoms with Crippen molar-refractivity contribution in [3.8, 4) is 0 Å². The van der Waals surface area contributed by atoms with Crippen molar-refractivity contribution in [2.24, 2.45) is 0 Å². The molecule has 0 radical (unpaired) electrons. The molecule has 2 N–H and O–H groups in total. The van der Waals surface area contributed by atoms with Gasteiger partial charge >= 0.3 is 0 Å². The number of carbonyl (C=O) groups is 2. The van der Waals surface area contributed by atoms with Crippen molar-refractivity contribution in [2.75, 3.05) is 26.2 Å². The summed E-state index contributed by atoms with van der Waals surface area (Å²) in [6.45, 7) is 9.89. The van der Waals surface area contributed by atoms with E-state index in [1.165, 1.54) is 0 Å². The zero-order chi connectivity index (χ0) is 14.7. The van der Waals surface area contributed by atoms with Crippen LogP contribution in [-0.2, 0) is 9.59 Å². The van der Waals surface area contributed by atoms with Gasteiger partial charge in [-0.25, -0.2) is 0 Å². The number of carbonyl (C=O) groups excluding carboxylic acids is 2. The third kappa shape index (κ3) is 8.59. The minimum atomic E-state index is -0.0767. The number of hydrogen-bond donors (Lipinski definition) is 2. The van der Waals surface area contributed by atoms with Gasteiger partial charge in [0.05, 0.1) is 13.1 Å². The topological polar surface area (TPSA) is 61.4 Å². The zero-order valence-corrected chi connectivity index (χ0v) is 12.8. The van der Waals surface area contributed by atoms with E-state index in [4.69, 9.17) is 0 Å². The molecule has 0 aromatic rings. The second-order valence-corrected chi connectivity index (χ2v) is 4.86. The van der Waals surface area contributed by atoms with Crippen molar-refractivity contribution < 1.29 is 9.59 Å². The van der Waals surface area contributed by atoms with E-state index in [1.54, 1.807) is 4.90 Å². The van der Waals surface area contributed by atoms with Crippen LogP contribution in [0.15, 0.2) is 0 Å². The van der Waals surface area contributed by atoms with Crippen molar-refractivity contribution in [2.45, 2.75) is 53.0 Å². The smallest absolute Gasteiger partial charge is 0.239 e. The van der Waals surface area contributed by atoms with Gasteiger partial charge in [-0.15, -0.1) is 0 Å². The third-order valence-electron chi connectivity index (χ3n) is 2.97. The van der Waals surface area contributed by atoms with Crippen LogP contribution in [-0.4, -0.2) is 48.9 Å². The Hall–Kier alpha value is -1.10. The molecule has 19 heavy (non-hydrogen) atoms. The Bertz CT molecular complexity index is 269. The molecule has 0 aliphatic heterocycles. The number of nitrogens with one attached hydrogen (secondary N) is 2. The van der Waals surface area contributed by atoms with E-state index in [1.807, 2.05) is 20.8 Å². The lowest BCUT2D eigenvalue weighted by Gasteiger charge is -2.22. The van der Waals surface area contributed by atoms with Gasteiger partial charge < -0.3 is 15.5 Å². The Morgan fingerprint density at radius 2 is 1.84 bits per heavy atom. The molecule has 1 unspecified atom stereocenters. The van der Waals surface area contributed by atoms with E-state index >= 15 is 0 Å². The molecule has 0 bridgehead atoms. The summed E-state index contributed by atoms with van der Waals surface area (Å²) in [7, 11) is 0. The van der Waals surface area contributed by atoms with Gasteiger partial charge in [0.15, 0.2) is 0 Å². The minimum absolute atomic E-state index is 0.00574. The summed E-state index contributed by atoms with van der Waals surface area (Å²) in [5, 5.41) is 5.96. The molecule has 0 aliphatic rings. The summed E-state index contributed by atoms with van der Waals surface area (Å²) in [6.07, 6.45) is 2.75. The van der Waals surface area contributed by atoms with E-state index in [0.717, 1.165) is 19.3 Å². The summed E-state index contributed by atoms with van der Waals surface area (Å²) in [5.41, 5.74) is 0. The number of rotatable bonds is 10. The Morgan fingerprint density at radius 3 is 2.37 bits per heavy atom. The Kier molecular flexibility index (Phi) is 10.2. The van der Waals surface area contributed by atoms with Crippen LogP contribution in [0.5, 0.6) is 0 Å². The molecule has 0 aliphatic carbocycles. The molecule has 0 spiro atoms. The first-order valence-electron chi connectivity index (χ1n) is 7.32. The largest absolute Gasteiger partial charge is 0.355 e. The van der Waals surface area contributed by atoms with Gasteiger partial charge in [0.1, 0.15) is 0 Å². The predicted molar refractivity (Wildman–Crippen MR) is 77.9 cm³/mol. The molecule has 112 valence electrons. The number of nitrogens with zero attached hydrogens (tertiary/aromatic N) is 1. The first-order valence-corrected chi connectivity index (χ1v) is 7.32. The standard InChI is InChI=1S/C14H29N3O2/c1-5-8-15-13(18)11-17(9-6-2)14(19)10-16-12(4)7-3/h12,16H,5-11H2,1-4H3,(H,15,18). The average Bonchev–Trinajstić information content (AvgIpc) is 2.41. The molecule has 0 saturated carbocycles. The van der Waals surface area contributed by atoms with Crippen molar-refractivity contribution >= 4 is 11.8 Å². The average molecular weight is 271 g/mol. The van der Waals surface area contributed by atoms with Crippen LogP contribution < -0.4 is 10.6 Å². The lowest BCUT2D eigenvalue weighted by molar-refractivity contribution is -0.135. The van der Waals surface area contributed by atoms with Crippen LogP contribution in [0.1, 0.15) is 47.0 Å². The maximum Gasteiger partial charge on any atom is 0.239 e. The highest BCUT2D eigenvalue weighted by molar-refractivity contribution is 5.85. The van der Waals surface area contributed by atoms with Crippen LogP contribution in [0.4, 0.5) is 0 Å². The first-order chi connectivity index (χ1) is 9.04. The maximum atomic E-state index is 12.0. The van der Waals surface area contributed by atoms with E-state index < -0.39 is 0 Å². The highest BCUT2D eigenvalue weighted by Gasteiger charge is 2.16. The van der Waals surface area contributed by atoms with Crippen LogP contribution in [0.2, 0.25) is 0 Å². The molecular formula is C14H29N3O2. The predicted octanol–water partition coefficient (Wildman–Crippen LogP) is 1.14. The molecular weight excluding hydrogens is 242 g/mol. The Balaban J connectivity index is 4.21. The van der Waals surface area contributed by atoms with Crippen molar-refractivity contribution in [1.29, 1.82) is 0 Å². The van der Waals surface area contributed by atoms with E-state index in [-0.39, 0.29) is 18.4 Å². The summed E-state index contributed by atoms with van der Waals surface area (Å²) in [6, 6.07) is 0.321. The third-order valence-corrected chi connectivity index (χ3v) is 2.97. The molecule has 0 aromatic heterocycles. The van der Waals surface area contributed by atoms with Gasteiger partial charge in [-0.3, -0.25) is 9.59 Å². The SMILES string of the molecule is CCCNC(=O)CN(CCC)C(=O)CNC(C)CC. The second kappa shape index (κ2) is 10.8. The molecule has 0 aromatic carbocycles. The Morgan fingerprint density at radius 1 is 1.16 bits per heavy atom. The number of hydrogen-bond acceptors (Lipinski definition) is 3. The second-order valence-electron chi connectivity index (χ2n) is 4.86. The summed E-state index contributed by atoms with van der Waals surface area (Å²) in [5.74, 6) is -0.0824. The zero-order valence-electron chi connectivity index (χ0n) is 12.8. The molecule has 0 saturated heterocycles. The first kappa shape index (κ1) is 17.9. The fourth-order valence-corrected chi connectivity index (χ4v) is 1.57. The van der Waals surface area contributed by atoms with Crippen molar-refractivity contribution in [1.82, 2.24) is 15.5 Å². The summed E-state index contributed by atoms with van der Waals surface area (Å²) >= 11 is 0. The van der Waals surface area contributed by atoms with Gasteiger partial charge in [-0.05, 0) is 26.2 Å². The Labute approximate surface area is 117 Å². The quantitative estimate of drug-likeness (QED) is 0.626. The molecule has 5 heteroatoms. The fourth-order valence-electron chi connectivity index (χ4n) is 1.57. The lowest BCUT2D eigenvalue weighted by Crippen LogP contribution is -2.45. The molecule has 5 nitrogen and oxygen atoms in total. The molecule has 0 heterocycles. The van der Waals surface area contributed by atoms with Gasteiger partial charge in [0.25, 0.3) is 0 Å². The highest BCUT2D eigenvalue weighted by atomic mass is 16.2. The lowest BCUT2D eigenvalue weighted by atomic mass is 10.2. The van der Waals surface area contributed by atoms with Crippen LogP contribution >= 0.6 is 0 Å². The van der Waals surface area contributed by atoms with Crippen molar-refractivity contribution in [3.05, 3.63) is 0 Å². The van der Waals surface area contributed by atoms with E-state index in [0.29, 0.717) is 25.7 Å². The monoisotopic (exact) mass is 271 g/mol. The number of amides is 2. The molecule has 0 fully saturated rings. The van der Waals surface area contributed by atoms with Crippen molar-refractivity contribution in [3.63, 3.8) is 0 Å². The molecule has 0 rings (SSSR count). The van der Waals surface area contributed by atoms with Gasteiger partial charge in [-0.2, -0.15) is 0 Å². The summed E-state index contributed by atoms with van der Waals surface area (Å²) < 4.78 is 0. The van der Waals surface area contributed by atoms with Crippen LogP contribution in [0, 0.1) is 0 Å². The van der Waals surface area contributed by atoms with Gasteiger partial charge in [0.2, 0.25) is 11.8 Å². The van der Waals surface area contributed by atoms with Gasteiger partial charge in [-0.1, -0.05) is 20.8 Å². The molecule has 1 atom stereocenters. The van der Waals surface area contributed by atoms with E-state index in [2.05, 4.69) is 17.6 Å². The van der Waals surface area contributed by atoms with Crippen LogP contribution in [0.3, 0.4) is 0 Å². The summed E-state index contributed by atoms with van der Waals surface area (Å²) in [4.78, 5) is 25.3. The fraction of sp³-hybridized carbons (Fsp3) is 0.857. The minimum Gasteiger partial charge on any atom is -0.355 e. The maximum absolute atomic E-state index is 12.0.